The summed E-state index contributed by atoms with van der Waals surface area (Å²) in [5.74, 6) is 1.00. The van der Waals surface area contributed by atoms with Crippen molar-refractivity contribution in [2.24, 2.45) is 0 Å². The minimum Gasteiger partial charge on any atom is -0.397 e. The summed E-state index contributed by atoms with van der Waals surface area (Å²) in [6, 6.07) is 22.1. The fourth-order valence-corrected chi connectivity index (χ4v) is 5.26. The van der Waals surface area contributed by atoms with Crippen LogP contribution >= 0.6 is 11.8 Å². The number of amides is 2. The second kappa shape index (κ2) is 15.6. The molecule has 0 radical (unpaired) electrons. The topological polar surface area (TPSA) is 143 Å². The molecule has 1 aliphatic heterocycles. The third-order valence-corrected chi connectivity index (χ3v) is 7.74. The molecule has 6 N–H and O–H groups in total. The molecule has 10 heteroatoms. The first kappa shape index (κ1) is 30.5. The van der Waals surface area contributed by atoms with E-state index in [1.807, 2.05) is 36.4 Å². The van der Waals surface area contributed by atoms with Gasteiger partial charge in [-0.1, -0.05) is 48.5 Å². The van der Waals surface area contributed by atoms with E-state index in [9.17, 15) is 19.8 Å². The molecule has 41 heavy (non-hydrogen) atoms. The number of aliphatic hydroxyl groups excluding tert-OH is 2. The van der Waals surface area contributed by atoms with Gasteiger partial charge >= 0.3 is 0 Å². The first-order chi connectivity index (χ1) is 19.9. The summed E-state index contributed by atoms with van der Waals surface area (Å²) in [6.07, 6.45) is 0.657. The fraction of sp³-hybridized carbons (Fsp3) is 0.355. The lowest BCUT2D eigenvalue weighted by Crippen LogP contribution is -2.31. The van der Waals surface area contributed by atoms with Crippen LogP contribution < -0.4 is 16.4 Å². The van der Waals surface area contributed by atoms with Crippen LogP contribution in [0.2, 0.25) is 0 Å². The summed E-state index contributed by atoms with van der Waals surface area (Å²) in [4.78, 5) is 24.6. The highest BCUT2D eigenvalue weighted by atomic mass is 32.2. The first-order valence-electron chi connectivity index (χ1n) is 13.7. The van der Waals surface area contributed by atoms with Gasteiger partial charge in [0.25, 0.3) is 0 Å². The number of hydrogen-bond acceptors (Lipinski definition) is 8. The van der Waals surface area contributed by atoms with Crippen molar-refractivity contribution in [2.75, 3.05) is 34.5 Å². The van der Waals surface area contributed by atoms with E-state index in [0.717, 1.165) is 22.4 Å². The smallest absolute Gasteiger partial charge is 0.224 e. The molecule has 2 amide bonds. The highest BCUT2D eigenvalue weighted by Crippen LogP contribution is 2.39. The van der Waals surface area contributed by atoms with Gasteiger partial charge in [-0.25, -0.2) is 0 Å². The summed E-state index contributed by atoms with van der Waals surface area (Å²) in [7, 11) is 0. The van der Waals surface area contributed by atoms with Crippen LogP contribution in [0.25, 0.3) is 0 Å². The third-order valence-electron chi connectivity index (χ3n) is 6.66. The van der Waals surface area contributed by atoms with Crippen LogP contribution in [0.5, 0.6) is 0 Å². The normalized spacial score (nSPS) is 18.5. The molecule has 0 spiro atoms. The first-order valence-corrected chi connectivity index (χ1v) is 14.8. The molecule has 1 fully saturated rings. The molecule has 1 heterocycles. The second-order valence-electron chi connectivity index (χ2n) is 9.81. The number of benzene rings is 3. The van der Waals surface area contributed by atoms with Gasteiger partial charge in [-0.15, -0.1) is 0 Å². The summed E-state index contributed by atoms with van der Waals surface area (Å²) in [6.45, 7) is 0.104. The fourth-order valence-electron chi connectivity index (χ4n) is 4.48. The van der Waals surface area contributed by atoms with Crippen molar-refractivity contribution < 1.29 is 29.3 Å². The van der Waals surface area contributed by atoms with Gasteiger partial charge in [0.1, 0.15) is 0 Å². The SMILES string of the molecule is Nc1ccccc1NC(=O)CCCC(=O)Nc1ccc(C2OC(CSCCO)CC(c3ccc(CO)cc3)O2)cc1. The van der Waals surface area contributed by atoms with E-state index in [4.69, 9.17) is 15.2 Å². The van der Waals surface area contributed by atoms with Crippen LogP contribution in [0, 0.1) is 0 Å². The predicted octanol–water partition coefficient (Wildman–Crippen LogP) is 4.78. The lowest BCUT2D eigenvalue weighted by molar-refractivity contribution is -0.245. The Morgan fingerprint density at radius 1 is 0.878 bits per heavy atom. The minimum atomic E-state index is -0.590. The monoisotopic (exact) mass is 579 g/mol. The van der Waals surface area contributed by atoms with Crippen LogP contribution in [0.15, 0.2) is 72.8 Å². The Hall–Kier alpha value is -3.41. The molecule has 0 aliphatic carbocycles. The van der Waals surface area contributed by atoms with Crippen LogP contribution in [-0.2, 0) is 25.7 Å². The molecule has 4 rings (SSSR count). The highest BCUT2D eigenvalue weighted by Gasteiger charge is 2.32. The zero-order valence-electron chi connectivity index (χ0n) is 22.8. The Labute approximate surface area is 244 Å². The molecular formula is C31H37N3O6S. The molecule has 0 saturated carbocycles. The summed E-state index contributed by atoms with van der Waals surface area (Å²) in [5, 5.41) is 24.2. The predicted molar refractivity (Wildman–Crippen MR) is 161 cm³/mol. The number of hydrogen-bond donors (Lipinski definition) is 5. The average Bonchev–Trinajstić information content (AvgIpc) is 2.99. The Morgan fingerprint density at radius 2 is 1.56 bits per heavy atom. The number of thioether (sulfide) groups is 1. The van der Waals surface area contributed by atoms with E-state index < -0.39 is 6.29 Å². The number of carbonyl (C=O) groups is 2. The molecule has 3 aromatic carbocycles. The van der Waals surface area contributed by atoms with Crippen LogP contribution in [0.4, 0.5) is 17.1 Å². The summed E-state index contributed by atoms with van der Waals surface area (Å²) < 4.78 is 12.6. The van der Waals surface area contributed by atoms with Gasteiger partial charge in [0.05, 0.1) is 36.8 Å². The number of carbonyl (C=O) groups excluding carboxylic acids is 2. The van der Waals surface area contributed by atoms with E-state index >= 15 is 0 Å². The van der Waals surface area contributed by atoms with E-state index in [2.05, 4.69) is 10.6 Å². The van der Waals surface area contributed by atoms with Crippen LogP contribution in [0.1, 0.15) is 54.8 Å². The van der Waals surface area contributed by atoms with E-state index in [0.29, 0.717) is 35.7 Å². The Kier molecular flexibility index (Phi) is 11.6. The van der Waals surface area contributed by atoms with E-state index in [1.165, 1.54) is 0 Å². The minimum absolute atomic E-state index is 0.0139. The molecule has 3 unspecified atom stereocenters. The average molecular weight is 580 g/mol. The maximum absolute atomic E-state index is 12.5. The standard InChI is InChI=1S/C31H37N3O6S/c32-26-4-1-2-5-27(26)34-30(38)7-3-6-29(37)33-24-14-12-23(13-15-24)31-39-25(20-41-17-16-35)18-28(40-31)22-10-8-21(19-36)9-11-22/h1-2,4-5,8-15,25,28,31,35-36H,3,6-7,16-20,32H2,(H,33,37)(H,34,38). The number of anilines is 3. The second-order valence-corrected chi connectivity index (χ2v) is 11.0. The van der Waals surface area contributed by atoms with Crippen molar-refractivity contribution in [3.8, 4) is 0 Å². The van der Waals surface area contributed by atoms with Crippen LogP contribution in [0.3, 0.4) is 0 Å². The van der Waals surface area contributed by atoms with Gasteiger partial charge in [0.2, 0.25) is 11.8 Å². The Morgan fingerprint density at radius 3 is 2.24 bits per heavy atom. The van der Waals surface area contributed by atoms with Crippen molar-refractivity contribution in [1.29, 1.82) is 0 Å². The van der Waals surface area contributed by atoms with E-state index in [-0.39, 0.29) is 50.1 Å². The molecule has 1 saturated heterocycles. The van der Waals surface area contributed by atoms with E-state index in [1.54, 1.807) is 48.2 Å². The number of nitrogens with two attached hydrogens (primary N) is 1. The van der Waals surface area contributed by atoms with Gasteiger partial charge in [0, 0.05) is 42.0 Å². The van der Waals surface area contributed by atoms with Crippen molar-refractivity contribution in [3.63, 3.8) is 0 Å². The molecule has 1 aliphatic rings. The molecule has 0 aromatic heterocycles. The van der Waals surface area contributed by atoms with Crippen molar-refractivity contribution in [2.45, 2.75) is 50.8 Å². The number of rotatable bonds is 13. The lowest BCUT2D eigenvalue weighted by atomic mass is 10.0. The molecular weight excluding hydrogens is 542 g/mol. The largest absolute Gasteiger partial charge is 0.397 e. The molecule has 3 atom stereocenters. The molecule has 9 nitrogen and oxygen atoms in total. The lowest BCUT2D eigenvalue weighted by Gasteiger charge is -2.36. The van der Waals surface area contributed by atoms with Gasteiger partial charge in [-0.3, -0.25) is 9.59 Å². The Bertz CT molecular complexity index is 1270. The van der Waals surface area contributed by atoms with Crippen molar-refractivity contribution in [3.05, 3.63) is 89.5 Å². The maximum atomic E-state index is 12.5. The van der Waals surface area contributed by atoms with Gasteiger partial charge in [-0.2, -0.15) is 11.8 Å². The third kappa shape index (κ3) is 9.31. The zero-order valence-corrected chi connectivity index (χ0v) is 23.6. The number of ether oxygens (including phenoxy) is 2. The summed E-state index contributed by atoms with van der Waals surface area (Å²) in [5.41, 5.74) is 10.2. The molecule has 0 bridgehead atoms. The maximum Gasteiger partial charge on any atom is 0.224 e. The zero-order chi connectivity index (χ0) is 29.0. The number of nitrogen functional groups attached to an aromatic ring is 1. The molecule has 218 valence electrons. The molecule has 3 aromatic rings. The van der Waals surface area contributed by atoms with Gasteiger partial charge < -0.3 is 36.1 Å². The van der Waals surface area contributed by atoms with Crippen molar-refractivity contribution >= 4 is 40.6 Å². The number of nitrogens with one attached hydrogen (secondary N) is 2. The Balaban J connectivity index is 1.30. The summed E-state index contributed by atoms with van der Waals surface area (Å²) >= 11 is 1.64. The van der Waals surface area contributed by atoms with Crippen molar-refractivity contribution in [1.82, 2.24) is 0 Å². The number of aliphatic hydroxyl groups is 2. The quantitative estimate of drug-likeness (QED) is 0.144. The highest BCUT2D eigenvalue weighted by molar-refractivity contribution is 7.99. The van der Waals surface area contributed by atoms with Gasteiger partial charge in [-0.05, 0) is 41.8 Å². The number of para-hydroxylation sites is 2. The van der Waals surface area contributed by atoms with Gasteiger partial charge in [0.15, 0.2) is 6.29 Å². The van der Waals surface area contributed by atoms with Crippen LogP contribution in [-0.4, -0.2) is 46.2 Å².